The summed E-state index contributed by atoms with van der Waals surface area (Å²) in [5.41, 5.74) is -0.242. The molecule has 1 aromatic rings. The second kappa shape index (κ2) is 7.94. The summed E-state index contributed by atoms with van der Waals surface area (Å²) in [6, 6.07) is 7.92. The Morgan fingerprint density at radius 3 is 2.65 bits per heavy atom. The first kappa shape index (κ1) is 16.5. The van der Waals surface area contributed by atoms with Gasteiger partial charge in [0.1, 0.15) is 17.3 Å². The van der Waals surface area contributed by atoms with Crippen LogP contribution in [0.4, 0.5) is 11.4 Å². The molecule has 7 nitrogen and oxygen atoms in total. The quantitative estimate of drug-likeness (QED) is 0.376. The third-order valence-electron chi connectivity index (χ3n) is 3.78. The van der Waals surface area contributed by atoms with Crippen LogP contribution in [-0.2, 0) is 4.79 Å². The number of amides is 1. The van der Waals surface area contributed by atoms with Crippen molar-refractivity contribution in [2.75, 3.05) is 5.32 Å². The maximum Gasteiger partial charge on any atom is 0.292 e. The van der Waals surface area contributed by atoms with Gasteiger partial charge in [0.25, 0.3) is 11.6 Å². The van der Waals surface area contributed by atoms with Crippen molar-refractivity contribution >= 4 is 17.3 Å². The van der Waals surface area contributed by atoms with Gasteiger partial charge >= 0.3 is 0 Å². The molecule has 23 heavy (non-hydrogen) atoms. The molecule has 1 saturated carbocycles. The lowest BCUT2D eigenvalue weighted by Crippen LogP contribution is -2.28. The van der Waals surface area contributed by atoms with E-state index in [9.17, 15) is 14.9 Å². The summed E-state index contributed by atoms with van der Waals surface area (Å²) in [6.07, 6.45) is 6.92. The fourth-order valence-electron chi connectivity index (χ4n) is 2.55. The topological polar surface area (TPSA) is 108 Å². The molecule has 1 aliphatic carbocycles. The lowest BCUT2D eigenvalue weighted by Gasteiger charge is -2.21. The van der Waals surface area contributed by atoms with Gasteiger partial charge in [-0.2, -0.15) is 5.26 Å². The normalized spacial score (nSPS) is 15.5. The molecule has 0 unspecified atom stereocenters. The van der Waals surface area contributed by atoms with E-state index in [1.807, 2.05) is 6.07 Å². The van der Waals surface area contributed by atoms with Crippen molar-refractivity contribution in [3.8, 4) is 6.07 Å². The van der Waals surface area contributed by atoms with Gasteiger partial charge in [-0.1, -0.05) is 31.4 Å². The second-order valence-corrected chi connectivity index (χ2v) is 5.40. The summed E-state index contributed by atoms with van der Waals surface area (Å²) < 4.78 is 0. The third kappa shape index (κ3) is 4.54. The summed E-state index contributed by atoms with van der Waals surface area (Å²) in [5, 5.41) is 25.6. The molecule has 1 aromatic carbocycles. The molecule has 1 amide bonds. The van der Waals surface area contributed by atoms with Crippen molar-refractivity contribution in [3.05, 3.63) is 46.2 Å². The lowest BCUT2D eigenvalue weighted by atomic mass is 9.96. The first-order valence-corrected chi connectivity index (χ1v) is 7.53. The molecular formula is C16H18N4O3. The van der Waals surface area contributed by atoms with E-state index in [0.717, 1.165) is 25.7 Å². The summed E-state index contributed by atoms with van der Waals surface area (Å²) in [4.78, 5) is 22.5. The van der Waals surface area contributed by atoms with Crippen molar-refractivity contribution in [2.24, 2.45) is 0 Å². The maximum absolute atomic E-state index is 12.1. The Balaban J connectivity index is 2.05. The van der Waals surface area contributed by atoms with Crippen LogP contribution in [0.5, 0.6) is 0 Å². The molecule has 120 valence electrons. The van der Waals surface area contributed by atoms with Crippen LogP contribution < -0.4 is 10.6 Å². The minimum atomic E-state index is -0.662. The standard InChI is InChI=1S/C16H18N4O3/c17-10-12(11-18-13-6-2-1-3-7-13)16(21)19-14-8-4-5-9-15(14)20(22)23/h4-5,8-9,11,13,18H,1-3,6-7H2,(H,19,21)/b12-11-. The molecule has 0 radical (unpaired) electrons. The highest BCUT2D eigenvalue weighted by atomic mass is 16.6. The molecule has 0 heterocycles. The third-order valence-corrected chi connectivity index (χ3v) is 3.78. The Labute approximate surface area is 134 Å². The second-order valence-electron chi connectivity index (χ2n) is 5.40. The van der Waals surface area contributed by atoms with Crippen LogP contribution in [0.1, 0.15) is 32.1 Å². The molecule has 1 fully saturated rings. The van der Waals surface area contributed by atoms with Crippen LogP contribution in [-0.4, -0.2) is 16.9 Å². The molecule has 0 aliphatic heterocycles. The van der Waals surface area contributed by atoms with Crippen molar-refractivity contribution in [3.63, 3.8) is 0 Å². The van der Waals surface area contributed by atoms with Crippen molar-refractivity contribution in [1.29, 1.82) is 5.26 Å². The van der Waals surface area contributed by atoms with Crippen LogP contribution in [0.15, 0.2) is 36.0 Å². The zero-order chi connectivity index (χ0) is 16.7. The molecule has 7 heteroatoms. The van der Waals surface area contributed by atoms with Crippen LogP contribution in [0.25, 0.3) is 0 Å². The van der Waals surface area contributed by atoms with E-state index < -0.39 is 10.8 Å². The summed E-state index contributed by atoms with van der Waals surface area (Å²) in [6.45, 7) is 0. The van der Waals surface area contributed by atoms with Gasteiger partial charge in [0.05, 0.1) is 4.92 Å². The Morgan fingerprint density at radius 2 is 2.00 bits per heavy atom. The van der Waals surface area contributed by atoms with E-state index in [4.69, 9.17) is 5.26 Å². The number of carbonyl (C=O) groups excluding carboxylic acids is 1. The zero-order valence-electron chi connectivity index (χ0n) is 12.6. The first-order valence-electron chi connectivity index (χ1n) is 7.53. The molecule has 0 aromatic heterocycles. The number of benzene rings is 1. The predicted molar refractivity (Wildman–Crippen MR) is 85.4 cm³/mol. The number of nitriles is 1. The number of para-hydroxylation sites is 2. The molecule has 0 bridgehead atoms. The number of nitrogens with one attached hydrogen (secondary N) is 2. The highest BCUT2D eigenvalue weighted by Gasteiger charge is 2.18. The number of nitro groups is 1. The largest absolute Gasteiger partial charge is 0.387 e. The molecule has 2 N–H and O–H groups in total. The number of nitro benzene ring substituents is 1. The average molecular weight is 314 g/mol. The Morgan fingerprint density at radius 1 is 1.30 bits per heavy atom. The summed E-state index contributed by atoms with van der Waals surface area (Å²) >= 11 is 0. The van der Waals surface area contributed by atoms with Gasteiger partial charge in [0, 0.05) is 18.3 Å². The van der Waals surface area contributed by atoms with E-state index in [-0.39, 0.29) is 23.0 Å². The monoisotopic (exact) mass is 314 g/mol. The molecule has 0 spiro atoms. The van der Waals surface area contributed by atoms with E-state index in [1.54, 1.807) is 6.07 Å². The van der Waals surface area contributed by atoms with Crippen molar-refractivity contribution in [2.45, 2.75) is 38.1 Å². The van der Waals surface area contributed by atoms with Crippen LogP contribution in [0, 0.1) is 21.4 Å². The molecule has 2 rings (SSSR count). The van der Waals surface area contributed by atoms with E-state index >= 15 is 0 Å². The Bertz CT molecular complexity index is 658. The number of rotatable bonds is 5. The number of hydrogen-bond donors (Lipinski definition) is 2. The highest BCUT2D eigenvalue weighted by Crippen LogP contribution is 2.23. The van der Waals surface area contributed by atoms with Gasteiger partial charge in [-0.25, -0.2) is 0 Å². The number of nitrogens with zero attached hydrogens (tertiary/aromatic N) is 2. The van der Waals surface area contributed by atoms with Crippen molar-refractivity contribution < 1.29 is 9.72 Å². The van der Waals surface area contributed by atoms with Gasteiger partial charge in [-0.15, -0.1) is 0 Å². The van der Waals surface area contributed by atoms with Crippen LogP contribution in [0.3, 0.4) is 0 Å². The molecular weight excluding hydrogens is 296 g/mol. The number of hydrogen-bond acceptors (Lipinski definition) is 5. The van der Waals surface area contributed by atoms with Crippen LogP contribution >= 0.6 is 0 Å². The van der Waals surface area contributed by atoms with Gasteiger partial charge in [0.2, 0.25) is 0 Å². The Hall–Kier alpha value is -2.88. The average Bonchev–Trinajstić information content (AvgIpc) is 2.56. The maximum atomic E-state index is 12.1. The van der Waals surface area contributed by atoms with Gasteiger partial charge in [-0.05, 0) is 18.9 Å². The van der Waals surface area contributed by atoms with E-state index in [1.165, 1.54) is 30.8 Å². The summed E-state index contributed by atoms with van der Waals surface area (Å²) in [5.74, 6) is -0.662. The molecule has 0 saturated heterocycles. The zero-order valence-corrected chi connectivity index (χ0v) is 12.6. The van der Waals surface area contributed by atoms with Gasteiger partial charge in [-0.3, -0.25) is 14.9 Å². The lowest BCUT2D eigenvalue weighted by molar-refractivity contribution is -0.383. The Kier molecular flexibility index (Phi) is 5.69. The predicted octanol–water partition coefficient (Wildman–Crippen LogP) is 2.86. The van der Waals surface area contributed by atoms with E-state index in [0.29, 0.717) is 0 Å². The van der Waals surface area contributed by atoms with E-state index in [2.05, 4.69) is 10.6 Å². The summed E-state index contributed by atoms with van der Waals surface area (Å²) in [7, 11) is 0. The minimum Gasteiger partial charge on any atom is -0.387 e. The molecule has 0 atom stereocenters. The minimum absolute atomic E-state index is 0.0707. The van der Waals surface area contributed by atoms with Gasteiger partial charge < -0.3 is 10.6 Å². The van der Waals surface area contributed by atoms with Crippen molar-refractivity contribution in [1.82, 2.24) is 5.32 Å². The molecule has 1 aliphatic rings. The van der Waals surface area contributed by atoms with Crippen LogP contribution in [0.2, 0.25) is 0 Å². The smallest absolute Gasteiger partial charge is 0.292 e. The first-order chi connectivity index (χ1) is 11.1. The fraction of sp³-hybridized carbons (Fsp3) is 0.375. The fourth-order valence-corrected chi connectivity index (χ4v) is 2.55. The SMILES string of the molecule is N#C/C(=C/NC1CCCCC1)C(=O)Nc1ccccc1[N+](=O)[O-]. The number of anilines is 1. The number of carbonyl (C=O) groups is 1. The van der Waals surface area contributed by atoms with Gasteiger partial charge in [0.15, 0.2) is 0 Å². The highest BCUT2D eigenvalue weighted by molar-refractivity contribution is 6.07.